The number of rotatable bonds is 4. The van der Waals surface area contributed by atoms with Crippen LogP contribution in [0.15, 0.2) is 71.5 Å². The Hall–Kier alpha value is -3.22. The zero-order valence-electron chi connectivity index (χ0n) is 16.7. The van der Waals surface area contributed by atoms with Gasteiger partial charge in [0.1, 0.15) is 6.54 Å². The number of hydrogen-bond acceptors (Lipinski definition) is 4. The minimum absolute atomic E-state index is 0.0229. The smallest absolute Gasteiger partial charge is 0.248 e. The Morgan fingerprint density at radius 3 is 2.32 bits per heavy atom. The van der Waals surface area contributed by atoms with E-state index in [9.17, 15) is 9.59 Å². The van der Waals surface area contributed by atoms with E-state index in [0.717, 1.165) is 21.3 Å². The van der Waals surface area contributed by atoms with Crippen LogP contribution in [0.1, 0.15) is 6.92 Å². The first-order valence-electron chi connectivity index (χ1n) is 9.93. The number of carbonyl (C=O) groups excluding carboxylic acids is 1. The van der Waals surface area contributed by atoms with Gasteiger partial charge in [0.15, 0.2) is 10.6 Å². The van der Waals surface area contributed by atoms with Crippen LogP contribution in [0.5, 0.6) is 0 Å². The average molecular weight is 448 g/mol. The van der Waals surface area contributed by atoms with E-state index in [-0.39, 0.29) is 17.9 Å². The highest BCUT2D eigenvalue weighted by atomic mass is 35.5. The lowest BCUT2D eigenvalue weighted by molar-refractivity contribution is -0.119. The number of likely N-dealkylation sites (N-methyl/N-ethyl adjacent to an activating group) is 1. The Morgan fingerprint density at radius 1 is 1.03 bits per heavy atom. The van der Waals surface area contributed by atoms with Crippen LogP contribution in [-0.4, -0.2) is 22.0 Å². The van der Waals surface area contributed by atoms with Crippen LogP contribution in [0.4, 0.5) is 5.13 Å². The predicted molar refractivity (Wildman–Crippen MR) is 128 cm³/mol. The number of thiazole rings is 1. The zero-order valence-corrected chi connectivity index (χ0v) is 18.3. The Morgan fingerprint density at radius 2 is 1.68 bits per heavy atom. The molecule has 0 bridgehead atoms. The summed E-state index contributed by atoms with van der Waals surface area (Å²) >= 11 is 7.55. The van der Waals surface area contributed by atoms with Crippen molar-refractivity contribution in [3.05, 3.63) is 82.0 Å². The van der Waals surface area contributed by atoms with Crippen LogP contribution in [0.3, 0.4) is 0 Å². The summed E-state index contributed by atoms with van der Waals surface area (Å²) in [4.78, 5) is 32.7. The van der Waals surface area contributed by atoms with E-state index < -0.39 is 0 Å². The molecule has 0 radical (unpaired) electrons. The van der Waals surface area contributed by atoms with Gasteiger partial charge in [0.05, 0.1) is 21.3 Å². The van der Waals surface area contributed by atoms with Gasteiger partial charge in [-0.1, -0.05) is 47.2 Å². The molecule has 5 aromatic rings. The third-order valence-corrected chi connectivity index (χ3v) is 6.65. The van der Waals surface area contributed by atoms with Crippen LogP contribution < -0.4 is 10.3 Å². The molecular formula is C24H18ClN3O2S. The summed E-state index contributed by atoms with van der Waals surface area (Å²) < 4.78 is 2.89. The van der Waals surface area contributed by atoms with Crippen molar-refractivity contribution in [3.8, 4) is 0 Å². The molecule has 0 saturated heterocycles. The lowest BCUT2D eigenvalue weighted by Gasteiger charge is -2.21. The molecule has 5 nitrogen and oxygen atoms in total. The molecule has 0 aliphatic carbocycles. The summed E-state index contributed by atoms with van der Waals surface area (Å²) in [6.45, 7) is 2.52. The standard InChI is InChI=1S/C24H18ClN3O2S/c1-2-27(24-26-18-13-15(25)11-12-21(18)31-24)22(29)14-28-19-9-5-3-7-16(19)23(30)17-8-4-6-10-20(17)28/h3-13H,2,14H2,1H3. The molecule has 7 heteroatoms. The molecule has 3 aromatic carbocycles. The average Bonchev–Trinajstić information content (AvgIpc) is 3.19. The number of pyridine rings is 1. The molecular weight excluding hydrogens is 430 g/mol. The van der Waals surface area contributed by atoms with Gasteiger partial charge in [0, 0.05) is 22.3 Å². The normalized spacial score (nSPS) is 11.4. The van der Waals surface area contributed by atoms with Gasteiger partial charge in [0.2, 0.25) is 5.91 Å². The molecule has 31 heavy (non-hydrogen) atoms. The van der Waals surface area contributed by atoms with E-state index in [1.54, 1.807) is 23.1 Å². The van der Waals surface area contributed by atoms with Crippen molar-refractivity contribution >= 4 is 66.0 Å². The van der Waals surface area contributed by atoms with Gasteiger partial charge in [-0.25, -0.2) is 4.98 Å². The summed E-state index contributed by atoms with van der Waals surface area (Å²) in [5.74, 6) is -0.0911. The molecule has 0 unspecified atom stereocenters. The number of halogens is 1. The van der Waals surface area contributed by atoms with Crippen LogP contribution in [0, 0.1) is 0 Å². The minimum atomic E-state index is -0.0911. The van der Waals surface area contributed by atoms with Crippen molar-refractivity contribution in [1.29, 1.82) is 0 Å². The SMILES string of the molecule is CCN(C(=O)Cn1c2ccccc2c(=O)c2ccccc21)c1nc2cc(Cl)ccc2s1. The van der Waals surface area contributed by atoms with Crippen LogP contribution in [-0.2, 0) is 11.3 Å². The summed E-state index contributed by atoms with van der Waals surface area (Å²) in [6.07, 6.45) is 0. The molecule has 0 spiro atoms. The Kier molecular flexibility index (Phi) is 4.96. The lowest BCUT2D eigenvalue weighted by Crippen LogP contribution is -2.34. The highest BCUT2D eigenvalue weighted by Crippen LogP contribution is 2.31. The van der Waals surface area contributed by atoms with Gasteiger partial charge < -0.3 is 4.57 Å². The molecule has 5 rings (SSSR count). The third-order valence-electron chi connectivity index (χ3n) is 5.36. The zero-order chi connectivity index (χ0) is 21.5. The van der Waals surface area contributed by atoms with E-state index in [1.165, 1.54) is 11.3 Å². The van der Waals surface area contributed by atoms with E-state index >= 15 is 0 Å². The van der Waals surface area contributed by atoms with Gasteiger partial charge >= 0.3 is 0 Å². The van der Waals surface area contributed by atoms with Crippen molar-refractivity contribution in [2.24, 2.45) is 0 Å². The summed E-state index contributed by atoms with van der Waals surface area (Å²) in [5.41, 5.74) is 2.24. The van der Waals surface area contributed by atoms with Crippen LogP contribution >= 0.6 is 22.9 Å². The number of para-hydroxylation sites is 2. The fraction of sp³-hybridized carbons (Fsp3) is 0.125. The molecule has 1 amide bonds. The van der Waals surface area contributed by atoms with Gasteiger partial charge in [-0.3, -0.25) is 14.5 Å². The second-order valence-electron chi connectivity index (χ2n) is 7.20. The molecule has 0 aliphatic heterocycles. The number of anilines is 1. The molecule has 0 aliphatic rings. The molecule has 154 valence electrons. The number of hydrogen-bond donors (Lipinski definition) is 0. The number of fused-ring (bicyclic) bond motifs is 3. The molecule has 0 fully saturated rings. The Bertz CT molecular complexity index is 1460. The van der Waals surface area contributed by atoms with Gasteiger partial charge in [-0.2, -0.15) is 0 Å². The maximum atomic E-state index is 13.4. The van der Waals surface area contributed by atoms with E-state index in [2.05, 4.69) is 4.98 Å². The second kappa shape index (κ2) is 7.80. The Balaban J connectivity index is 1.61. The van der Waals surface area contributed by atoms with Crippen molar-refractivity contribution < 1.29 is 4.79 Å². The summed E-state index contributed by atoms with van der Waals surface area (Å²) in [5, 5.41) is 2.46. The number of benzene rings is 3. The number of carbonyl (C=O) groups is 1. The fourth-order valence-electron chi connectivity index (χ4n) is 3.89. The summed E-state index contributed by atoms with van der Waals surface area (Å²) in [7, 11) is 0. The first kappa shape index (κ1) is 19.7. The quantitative estimate of drug-likeness (QED) is 0.343. The monoisotopic (exact) mass is 447 g/mol. The van der Waals surface area contributed by atoms with Crippen LogP contribution in [0.2, 0.25) is 5.02 Å². The maximum Gasteiger partial charge on any atom is 0.248 e. The predicted octanol–water partition coefficient (Wildman–Crippen LogP) is 5.47. The van der Waals surface area contributed by atoms with E-state index in [0.29, 0.717) is 27.5 Å². The first-order valence-corrected chi connectivity index (χ1v) is 11.1. The molecule has 0 atom stereocenters. The topological polar surface area (TPSA) is 55.2 Å². The minimum Gasteiger partial charge on any atom is -0.331 e. The maximum absolute atomic E-state index is 13.4. The van der Waals surface area contributed by atoms with Gasteiger partial charge in [-0.05, 0) is 49.4 Å². The lowest BCUT2D eigenvalue weighted by atomic mass is 10.1. The van der Waals surface area contributed by atoms with Crippen molar-refractivity contribution in [2.45, 2.75) is 13.5 Å². The van der Waals surface area contributed by atoms with Crippen molar-refractivity contribution in [3.63, 3.8) is 0 Å². The van der Waals surface area contributed by atoms with E-state index in [4.69, 9.17) is 11.6 Å². The number of nitrogens with zero attached hydrogens (tertiary/aromatic N) is 3. The van der Waals surface area contributed by atoms with E-state index in [1.807, 2.05) is 60.0 Å². The molecule has 0 saturated carbocycles. The molecule has 0 N–H and O–H groups in total. The van der Waals surface area contributed by atoms with Crippen molar-refractivity contribution in [2.75, 3.05) is 11.4 Å². The second-order valence-corrected chi connectivity index (χ2v) is 8.64. The fourth-order valence-corrected chi connectivity index (χ4v) is 5.08. The van der Waals surface area contributed by atoms with Crippen LogP contribution in [0.25, 0.3) is 32.0 Å². The van der Waals surface area contributed by atoms with Gasteiger partial charge in [0.25, 0.3) is 0 Å². The largest absolute Gasteiger partial charge is 0.331 e. The number of aromatic nitrogens is 2. The first-order chi connectivity index (χ1) is 15.1. The van der Waals surface area contributed by atoms with Gasteiger partial charge in [-0.15, -0.1) is 0 Å². The highest BCUT2D eigenvalue weighted by Gasteiger charge is 2.20. The summed E-state index contributed by atoms with van der Waals surface area (Å²) in [6, 6.07) is 20.4. The Labute approximate surface area is 187 Å². The molecule has 2 heterocycles. The highest BCUT2D eigenvalue weighted by molar-refractivity contribution is 7.22. The third kappa shape index (κ3) is 3.38. The van der Waals surface area contributed by atoms with Crippen molar-refractivity contribution in [1.82, 2.24) is 9.55 Å². The number of amides is 1. The molecule has 2 aromatic heterocycles.